The Balaban J connectivity index is 0.000000249. The third kappa shape index (κ3) is 4.61. The summed E-state index contributed by atoms with van der Waals surface area (Å²) in [6.45, 7) is 1.45. The van der Waals surface area contributed by atoms with E-state index in [1.54, 1.807) is 18.2 Å². The van der Waals surface area contributed by atoms with Crippen molar-refractivity contribution in [3.8, 4) is 0 Å². The Morgan fingerprint density at radius 2 is 1.66 bits per heavy atom. The molecule has 0 aromatic heterocycles. The fourth-order valence-corrected chi connectivity index (χ4v) is 4.79. The number of fused-ring (bicyclic) bond motifs is 3. The molecule has 5 rings (SSSR count). The van der Waals surface area contributed by atoms with E-state index in [-0.39, 0.29) is 18.0 Å². The SMILES string of the molecule is CN1C2CCC1[C@H](OC(=O)N1CCc3ccccc3C1)CC2.Fc1ccccc1. The zero-order chi connectivity index (χ0) is 20.2. The summed E-state index contributed by atoms with van der Waals surface area (Å²) < 4.78 is 17.8. The minimum absolute atomic E-state index is 0.0772. The molecular formula is C24H29FN2O2. The summed E-state index contributed by atoms with van der Waals surface area (Å²) in [7, 11) is 2.18. The fourth-order valence-electron chi connectivity index (χ4n) is 4.79. The van der Waals surface area contributed by atoms with Crippen molar-refractivity contribution < 1.29 is 13.9 Å². The van der Waals surface area contributed by atoms with Crippen LogP contribution in [0.25, 0.3) is 0 Å². The molecule has 1 amide bonds. The van der Waals surface area contributed by atoms with Crippen molar-refractivity contribution in [2.45, 2.75) is 56.8 Å². The molecule has 2 fully saturated rings. The number of nitrogens with zero attached hydrogens (tertiary/aromatic N) is 2. The molecule has 3 heterocycles. The number of hydrogen-bond donors (Lipinski definition) is 0. The fraction of sp³-hybridized carbons (Fsp3) is 0.458. The molecule has 2 saturated heterocycles. The van der Waals surface area contributed by atoms with Gasteiger partial charge in [-0.2, -0.15) is 0 Å². The van der Waals surface area contributed by atoms with Gasteiger partial charge < -0.3 is 9.64 Å². The maximum Gasteiger partial charge on any atom is 0.410 e. The first-order valence-electron chi connectivity index (χ1n) is 10.6. The maximum atomic E-state index is 12.5. The minimum Gasteiger partial charge on any atom is -0.444 e. The van der Waals surface area contributed by atoms with Gasteiger partial charge in [0.1, 0.15) is 11.9 Å². The summed E-state index contributed by atoms with van der Waals surface area (Å²) in [5.41, 5.74) is 2.62. The lowest BCUT2D eigenvalue weighted by atomic mass is 10.00. The van der Waals surface area contributed by atoms with Gasteiger partial charge in [-0.1, -0.05) is 42.5 Å². The van der Waals surface area contributed by atoms with Crippen LogP contribution < -0.4 is 0 Å². The van der Waals surface area contributed by atoms with E-state index >= 15 is 0 Å². The number of benzene rings is 2. The molecule has 2 aromatic rings. The van der Waals surface area contributed by atoms with E-state index in [1.165, 1.54) is 36.1 Å². The van der Waals surface area contributed by atoms with Crippen molar-refractivity contribution in [2.24, 2.45) is 0 Å². The molecule has 0 saturated carbocycles. The quantitative estimate of drug-likeness (QED) is 0.704. The van der Waals surface area contributed by atoms with Gasteiger partial charge in [-0.3, -0.25) is 4.90 Å². The van der Waals surface area contributed by atoms with Gasteiger partial charge in [0.15, 0.2) is 0 Å². The number of ether oxygens (including phenoxy) is 1. The van der Waals surface area contributed by atoms with E-state index in [1.807, 2.05) is 11.0 Å². The Kier molecular flexibility index (Phi) is 6.14. The highest BCUT2D eigenvalue weighted by Gasteiger charge is 2.42. The standard InChI is InChI=1S/C18H24N2O2.C6H5F/c1-19-15-6-8-16(19)17(9-7-15)22-18(21)20-11-10-13-4-2-3-5-14(13)12-20;7-6-4-2-1-3-5-6/h2-5,15-17H,6-12H2,1H3;1-5H/t15?,16?,17-;/m1./s1. The molecule has 154 valence electrons. The molecule has 3 aliphatic heterocycles. The third-order valence-corrected chi connectivity index (χ3v) is 6.48. The molecule has 0 radical (unpaired) electrons. The highest BCUT2D eigenvalue weighted by molar-refractivity contribution is 5.68. The average Bonchev–Trinajstić information content (AvgIpc) is 2.98. The first-order valence-corrected chi connectivity index (χ1v) is 10.6. The van der Waals surface area contributed by atoms with Gasteiger partial charge in [0.2, 0.25) is 0 Å². The maximum absolute atomic E-state index is 12.5. The summed E-state index contributed by atoms with van der Waals surface area (Å²) in [5.74, 6) is -0.178. The number of carbonyl (C=O) groups is 1. The van der Waals surface area contributed by atoms with E-state index < -0.39 is 0 Å². The van der Waals surface area contributed by atoms with Gasteiger partial charge >= 0.3 is 6.09 Å². The highest BCUT2D eigenvalue weighted by atomic mass is 19.1. The monoisotopic (exact) mass is 396 g/mol. The van der Waals surface area contributed by atoms with Crippen LogP contribution in [0.5, 0.6) is 0 Å². The highest BCUT2D eigenvalue weighted by Crippen LogP contribution is 2.36. The predicted molar refractivity (Wildman–Crippen MR) is 111 cm³/mol. The van der Waals surface area contributed by atoms with E-state index in [0.29, 0.717) is 18.6 Å². The third-order valence-electron chi connectivity index (χ3n) is 6.48. The van der Waals surface area contributed by atoms with Crippen molar-refractivity contribution >= 4 is 6.09 Å². The predicted octanol–water partition coefficient (Wildman–Crippen LogP) is 4.63. The van der Waals surface area contributed by atoms with Crippen LogP contribution in [-0.4, -0.2) is 47.7 Å². The molecule has 2 aromatic carbocycles. The molecule has 3 atom stereocenters. The van der Waals surface area contributed by atoms with Crippen LogP contribution in [0.3, 0.4) is 0 Å². The number of rotatable bonds is 1. The lowest BCUT2D eigenvalue weighted by Crippen LogP contribution is -2.48. The first kappa shape index (κ1) is 19.9. The zero-order valence-electron chi connectivity index (χ0n) is 17.0. The van der Waals surface area contributed by atoms with Crippen molar-refractivity contribution in [2.75, 3.05) is 13.6 Å². The van der Waals surface area contributed by atoms with Gasteiger partial charge in [-0.25, -0.2) is 9.18 Å². The molecular weight excluding hydrogens is 367 g/mol. The molecule has 0 N–H and O–H groups in total. The normalized spacial score (nSPS) is 25.6. The Bertz CT molecular complexity index is 829. The van der Waals surface area contributed by atoms with Gasteiger partial charge in [-0.15, -0.1) is 0 Å². The van der Waals surface area contributed by atoms with Gasteiger partial charge in [0.25, 0.3) is 0 Å². The van der Waals surface area contributed by atoms with E-state index in [0.717, 1.165) is 25.8 Å². The molecule has 0 aliphatic carbocycles. The largest absolute Gasteiger partial charge is 0.444 e. The first-order chi connectivity index (χ1) is 14.1. The van der Waals surface area contributed by atoms with Crippen molar-refractivity contribution in [3.05, 3.63) is 71.5 Å². The molecule has 3 aliphatic rings. The minimum atomic E-state index is -0.178. The van der Waals surface area contributed by atoms with E-state index in [2.05, 4.69) is 30.1 Å². The van der Waals surface area contributed by atoms with Gasteiger partial charge in [0.05, 0.1) is 0 Å². The molecule has 2 bridgehead atoms. The number of likely N-dealkylation sites (N-methyl/N-ethyl adjacent to an activating group) is 1. The van der Waals surface area contributed by atoms with Crippen LogP contribution in [0, 0.1) is 5.82 Å². The molecule has 5 heteroatoms. The Morgan fingerprint density at radius 1 is 0.966 bits per heavy atom. The van der Waals surface area contributed by atoms with Crippen molar-refractivity contribution in [3.63, 3.8) is 0 Å². The number of carbonyl (C=O) groups excluding carboxylic acids is 1. The zero-order valence-corrected chi connectivity index (χ0v) is 17.0. The van der Waals surface area contributed by atoms with Crippen LogP contribution in [0.1, 0.15) is 36.8 Å². The Hall–Kier alpha value is -2.40. The summed E-state index contributed by atoms with van der Waals surface area (Å²) in [5, 5.41) is 0. The Morgan fingerprint density at radius 3 is 2.38 bits per heavy atom. The van der Waals surface area contributed by atoms with Crippen LogP contribution in [-0.2, 0) is 17.7 Å². The van der Waals surface area contributed by atoms with Crippen LogP contribution >= 0.6 is 0 Å². The lowest BCUT2D eigenvalue weighted by molar-refractivity contribution is -0.00668. The number of piperidine rings is 1. The Labute approximate surface area is 172 Å². The second-order valence-corrected chi connectivity index (χ2v) is 8.20. The van der Waals surface area contributed by atoms with Crippen LogP contribution in [0.2, 0.25) is 0 Å². The summed E-state index contributed by atoms with van der Waals surface area (Å²) >= 11 is 0. The number of amides is 1. The molecule has 29 heavy (non-hydrogen) atoms. The van der Waals surface area contributed by atoms with E-state index in [4.69, 9.17) is 4.74 Å². The van der Waals surface area contributed by atoms with Crippen LogP contribution in [0.15, 0.2) is 54.6 Å². The van der Waals surface area contributed by atoms with Crippen LogP contribution in [0.4, 0.5) is 9.18 Å². The topological polar surface area (TPSA) is 32.8 Å². The second kappa shape index (κ2) is 8.95. The number of halogens is 1. The van der Waals surface area contributed by atoms with Crippen molar-refractivity contribution in [1.29, 1.82) is 0 Å². The smallest absolute Gasteiger partial charge is 0.410 e. The molecule has 4 nitrogen and oxygen atoms in total. The average molecular weight is 397 g/mol. The van der Waals surface area contributed by atoms with Gasteiger partial charge in [0, 0.05) is 25.2 Å². The summed E-state index contributed by atoms with van der Waals surface area (Å²) in [4.78, 5) is 16.8. The second-order valence-electron chi connectivity index (χ2n) is 8.20. The summed E-state index contributed by atoms with van der Waals surface area (Å²) in [6.07, 6.45) is 5.49. The molecule has 2 unspecified atom stereocenters. The summed E-state index contributed by atoms with van der Waals surface area (Å²) in [6, 6.07) is 17.5. The number of hydrogen-bond acceptors (Lipinski definition) is 3. The van der Waals surface area contributed by atoms with E-state index in [9.17, 15) is 9.18 Å². The van der Waals surface area contributed by atoms with Gasteiger partial charge in [-0.05, 0) is 62.4 Å². The molecule has 0 spiro atoms. The lowest BCUT2D eigenvalue weighted by Gasteiger charge is -2.38. The van der Waals surface area contributed by atoms with Crippen molar-refractivity contribution in [1.82, 2.24) is 9.80 Å².